The van der Waals surface area contributed by atoms with E-state index in [2.05, 4.69) is 27.1 Å². The fourth-order valence-corrected chi connectivity index (χ4v) is 3.20. The summed E-state index contributed by atoms with van der Waals surface area (Å²) in [5.74, 6) is 0.978. The van der Waals surface area contributed by atoms with Crippen LogP contribution in [-0.2, 0) is 6.54 Å². The Balaban J connectivity index is 1.86. The number of nitrogens with two attached hydrogens (primary N) is 1. The van der Waals surface area contributed by atoms with Gasteiger partial charge in [-0.25, -0.2) is 0 Å². The van der Waals surface area contributed by atoms with E-state index in [-0.39, 0.29) is 0 Å². The molecule has 108 valence electrons. The summed E-state index contributed by atoms with van der Waals surface area (Å²) >= 11 is 6.15. The van der Waals surface area contributed by atoms with Gasteiger partial charge in [0.2, 0.25) is 0 Å². The molecule has 1 saturated heterocycles. The number of anilines is 1. The molecule has 2 N–H and O–H groups in total. The highest BCUT2D eigenvalue weighted by molar-refractivity contribution is 6.34. The molecule has 0 amide bonds. The Morgan fingerprint density at radius 3 is 3.10 bits per heavy atom. The van der Waals surface area contributed by atoms with E-state index in [1.54, 1.807) is 6.20 Å². The molecule has 0 saturated carbocycles. The maximum Gasteiger partial charge on any atom is 0.177 e. The number of nitrogen functional groups attached to an aromatic ring is 1. The van der Waals surface area contributed by atoms with Crippen molar-refractivity contribution in [2.75, 3.05) is 25.4 Å². The monoisotopic (exact) mass is 294 g/mol. The van der Waals surface area contributed by atoms with Crippen LogP contribution in [0.15, 0.2) is 6.20 Å². The van der Waals surface area contributed by atoms with Crippen LogP contribution in [0.1, 0.15) is 19.8 Å². The van der Waals surface area contributed by atoms with Gasteiger partial charge in [-0.15, -0.1) is 10.2 Å². The van der Waals surface area contributed by atoms with Crippen LogP contribution in [-0.4, -0.2) is 44.5 Å². The maximum absolute atomic E-state index is 6.15. The van der Waals surface area contributed by atoms with E-state index >= 15 is 0 Å². The minimum atomic E-state index is 0.370. The first-order valence-corrected chi connectivity index (χ1v) is 7.42. The number of hydrogen-bond donors (Lipinski definition) is 1. The summed E-state index contributed by atoms with van der Waals surface area (Å²) in [5.41, 5.74) is 6.62. The molecular formula is C13H19ClN6. The van der Waals surface area contributed by atoms with Gasteiger partial charge in [-0.1, -0.05) is 18.5 Å². The zero-order chi connectivity index (χ0) is 14.1. The normalized spacial score (nSPS) is 20.6. The molecule has 3 heterocycles. The Hall–Kier alpha value is -1.40. The summed E-state index contributed by atoms with van der Waals surface area (Å²) in [6, 6.07) is 0. The van der Waals surface area contributed by atoms with E-state index in [1.165, 1.54) is 19.4 Å². The summed E-state index contributed by atoms with van der Waals surface area (Å²) in [7, 11) is 0. The molecule has 20 heavy (non-hydrogen) atoms. The lowest BCUT2D eigenvalue weighted by atomic mass is 9.98. The Morgan fingerprint density at radius 1 is 1.45 bits per heavy atom. The van der Waals surface area contributed by atoms with E-state index < -0.39 is 0 Å². The third-order valence-corrected chi connectivity index (χ3v) is 4.29. The van der Waals surface area contributed by atoms with Crippen molar-refractivity contribution in [1.29, 1.82) is 0 Å². The smallest absolute Gasteiger partial charge is 0.177 e. The summed E-state index contributed by atoms with van der Waals surface area (Å²) < 4.78 is 1.92. The molecule has 2 aromatic heterocycles. The molecule has 1 fully saturated rings. The molecule has 0 radical (unpaired) electrons. The largest absolute Gasteiger partial charge is 0.382 e. The van der Waals surface area contributed by atoms with E-state index in [4.69, 9.17) is 17.3 Å². The van der Waals surface area contributed by atoms with Crippen LogP contribution in [0.25, 0.3) is 10.9 Å². The summed E-state index contributed by atoms with van der Waals surface area (Å²) in [5, 5.41) is 13.3. The van der Waals surface area contributed by atoms with E-state index in [0.717, 1.165) is 30.5 Å². The topological polar surface area (TPSA) is 72.9 Å². The minimum absolute atomic E-state index is 0.370. The van der Waals surface area contributed by atoms with Crippen molar-refractivity contribution in [3.8, 4) is 0 Å². The van der Waals surface area contributed by atoms with E-state index in [1.807, 2.05) is 4.68 Å². The average molecular weight is 295 g/mol. The molecular weight excluding hydrogens is 276 g/mol. The van der Waals surface area contributed by atoms with Gasteiger partial charge in [0, 0.05) is 13.1 Å². The van der Waals surface area contributed by atoms with Crippen LogP contribution in [0.3, 0.4) is 0 Å². The van der Waals surface area contributed by atoms with Crippen molar-refractivity contribution < 1.29 is 0 Å². The van der Waals surface area contributed by atoms with Crippen LogP contribution in [0.5, 0.6) is 0 Å². The van der Waals surface area contributed by atoms with Gasteiger partial charge in [0.15, 0.2) is 11.0 Å². The third-order valence-electron chi connectivity index (χ3n) is 4.04. The molecule has 1 aliphatic rings. The first-order valence-electron chi connectivity index (χ1n) is 7.04. The van der Waals surface area contributed by atoms with Gasteiger partial charge in [-0.3, -0.25) is 4.68 Å². The number of halogens is 1. The predicted octanol–water partition coefficient (Wildman–Crippen LogP) is 1.79. The molecule has 0 spiro atoms. The lowest BCUT2D eigenvalue weighted by molar-refractivity contribution is 0.168. The van der Waals surface area contributed by atoms with Gasteiger partial charge in [0.05, 0.1) is 11.6 Å². The first-order chi connectivity index (χ1) is 9.69. The second-order valence-electron chi connectivity index (χ2n) is 5.37. The lowest BCUT2D eigenvalue weighted by Crippen LogP contribution is -2.36. The molecule has 3 rings (SSSR count). The number of likely N-dealkylation sites (tertiary alicyclic amines) is 1. The maximum atomic E-state index is 6.15. The van der Waals surface area contributed by atoms with Gasteiger partial charge in [-0.05, 0) is 31.8 Å². The zero-order valence-electron chi connectivity index (χ0n) is 11.6. The highest BCUT2D eigenvalue weighted by atomic mass is 35.5. The molecule has 7 heteroatoms. The summed E-state index contributed by atoms with van der Waals surface area (Å²) in [6.07, 6.45) is 4.20. The van der Waals surface area contributed by atoms with Crippen LogP contribution >= 0.6 is 11.6 Å². The molecule has 0 aliphatic carbocycles. The molecule has 0 unspecified atom stereocenters. The van der Waals surface area contributed by atoms with Gasteiger partial charge in [0.1, 0.15) is 5.52 Å². The number of piperidine rings is 1. The minimum Gasteiger partial charge on any atom is -0.382 e. The van der Waals surface area contributed by atoms with Crippen molar-refractivity contribution in [1.82, 2.24) is 24.9 Å². The quantitative estimate of drug-likeness (QED) is 0.934. The van der Waals surface area contributed by atoms with E-state index in [9.17, 15) is 0 Å². The second kappa shape index (κ2) is 5.54. The van der Waals surface area contributed by atoms with Gasteiger partial charge >= 0.3 is 0 Å². The molecule has 1 atom stereocenters. The fraction of sp³-hybridized carbons (Fsp3) is 0.615. The van der Waals surface area contributed by atoms with Crippen molar-refractivity contribution in [3.63, 3.8) is 0 Å². The Morgan fingerprint density at radius 2 is 2.30 bits per heavy atom. The van der Waals surface area contributed by atoms with Crippen LogP contribution in [0, 0.1) is 5.92 Å². The van der Waals surface area contributed by atoms with Crippen molar-refractivity contribution in [2.24, 2.45) is 5.92 Å². The molecule has 0 aromatic carbocycles. The molecule has 6 nitrogen and oxygen atoms in total. The standard InChI is InChI=1S/C13H19ClN6/c1-2-19-5-3-4-9(7-19)8-20-11-10(6-16-20)13(15)18-17-12(11)14/h6,9H,2-5,7-8H2,1H3,(H2,15,18)/t9-/m0/s1. The summed E-state index contributed by atoms with van der Waals surface area (Å²) in [4.78, 5) is 2.48. The van der Waals surface area contributed by atoms with E-state index in [0.29, 0.717) is 16.9 Å². The second-order valence-corrected chi connectivity index (χ2v) is 5.72. The van der Waals surface area contributed by atoms with Crippen LogP contribution < -0.4 is 5.73 Å². The van der Waals surface area contributed by atoms with Gasteiger partial charge in [-0.2, -0.15) is 5.10 Å². The number of rotatable bonds is 3. The number of hydrogen-bond acceptors (Lipinski definition) is 5. The Labute approximate surface area is 122 Å². The fourth-order valence-electron chi connectivity index (χ4n) is 2.96. The van der Waals surface area contributed by atoms with Gasteiger partial charge < -0.3 is 10.6 Å². The van der Waals surface area contributed by atoms with Crippen molar-refractivity contribution >= 4 is 28.3 Å². The third kappa shape index (κ3) is 2.45. The zero-order valence-corrected chi connectivity index (χ0v) is 12.3. The number of fused-ring (bicyclic) bond motifs is 1. The highest BCUT2D eigenvalue weighted by Gasteiger charge is 2.21. The summed E-state index contributed by atoms with van der Waals surface area (Å²) in [6.45, 7) is 6.48. The first kappa shape index (κ1) is 13.6. The highest BCUT2D eigenvalue weighted by Crippen LogP contribution is 2.26. The molecule has 0 bridgehead atoms. The Bertz CT molecular complexity index is 610. The number of aromatic nitrogens is 4. The Kier molecular flexibility index (Phi) is 3.76. The van der Waals surface area contributed by atoms with Crippen molar-refractivity contribution in [2.45, 2.75) is 26.3 Å². The molecule has 2 aromatic rings. The van der Waals surface area contributed by atoms with Crippen LogP contribution in [0.2, 0.25) is 5.15 Å². The van der Waals surface area contributed by atoms with Crippen molar-refractivity contribution in [3.05, 3.63) is 11.3 Å². The lowest BCUT2D eigenvalue weighted by Gasteiger charge is -2.31. The SMILES string of the molecule is CCN1CCC[C@H](Cn2ncc3c(N)nnc(Cl)c32)C1. The number of nitrogens with zero attached hydrogens (tertiary/aromatic N) is 5. The molecule has 1 aliphatic heterocycles. The average Bonchev–Trinajstić information content (AvgIpc) is 2.88. The van der Waals surface area contributed by atoms with Gasteiger partial charge in [0.25, 0.3) is 0 Å². The van der Waals surface area contributed by atoms with Crippen LogP contribution in [0.4, 0.5) is 5.82 Å². The predicted molar refractivity (Wildman–Crippen MR) is 79.6 cm³/mol.